The largest absolute Gasteiger partial charge is 0.319 e. The summed E-state index contributed by atoms with van der Waals surface area (Å²) in [5.74, 6) is -0.645. The lowest BCUT2D eigenvalue weighted by Crippen LogP contribution is -2.26. The number of anilines is 1. The van der Waals surface area contributed by atoms with Crippen LogP contribution in [-0.4, -0.2) is 20.6 Å². The molecule has 0 spiro atoms. The van der Waals surface area contributed by atoms with E-state index in [4.69, 9.17) is 0 Å². The summed E-state index contributed by atoms with van der Waals surface area (Å²) in [5.41, 5.74) is 1.34. The molecular formula is C20H15N5O4. The smallest absolute Gasteiger partial charge is 0.276 e. The van der Waals surface area contributed by atoms with Crippen molar-refractivity contribution >= 4 is 17.3 Å². The summed E-state index contributed by atoms with van der Waals surface area (Å²) >= 11 is 0. The number of nitro benzene ring substituents is 1. The Balaban J connectivity index is 1.85. The molecule has 0 saturated heterocycles. The van der Waals surface area contributed by atoms with Gasteiger partial charge in [-0.15, -0.1) is 0 Å². The van der Waals surface area contributed by atoms with Crippen molar-refractivity contribution in [2.75, 3.05) is 5.32 Å². The number of aryl methyl sites for hydroxylation is 1. The van der Waals surface area contributed by atoms with Crippen molar-refractivity contribution < 1.29 is 9.72 Å². The number of amides is 1. The molecule has 9 nitrogen and oxygen atoms in total. The normalized spacial score (nSPS) is 10.2. The van der Waals surface area contributed by atoms with E-state index in [0.717, 1.165) is 17.2 Å². The van der Waals surface area contributed by atoms with E-state index < -0.39 is 10.8 Å². The Morgan fingerprint density at radius 1 is 1.21 bits per heavy atom. The van der Waals surface area contributed by atoms with E-state index in [1.807, 2.05) is 37.3 Å². The van der Waals surface area contributed by atoms with Crippen LogP contribution in [0.1, 0.15) is 27.2 Å². The van der Waals surface area contributed by atoms with Gasteiger partial charge in [-0.2, -0.15) is 10.4 Å². The Morgan fingerprint density at radius 3 is 2.59 bits per heavy atom. The first-order valence-corrected chi connectivity index (χ1v) is 8.51. The standard InChI is InChI=1S/C20H15N5O4/c1-13-2-4-14(5-3-13)12-24-19(26)9-8-18(23-24)20(27)22-17-7-6-16(25(28)29)10-15(17)11-21/h2-10H,12H2,1H3,(H,22,27). The van der Waals surface area contributed by atoms with Crippen molar-refractivity contribution in [2.45, 2.75) is 13.5 Å². The number of nitrogens with zero attached hydrogens (tertiary/aromatic N) is 4. The highest BCUT2D eigenvalue weighted by Crippen LogP contribution is 2.21. The molecule has 29 heavy (non-hydrogen) atoms. The van der Waals surface area contributed by atoms with Crippen LogP contribution in [0, 0.1) is 28.4 Å². The van der Waals surface area contributed by atoms with Gasteiger partial charge in [0, 0.05) is 18.2 Å². The Kier molecular flexibility index (Phi) is 5.46. The number of hydrogen-bond donors (Lipinski definition) is 1. The third-order valence-corrected chi connectivity index (χ3v) is 4.13. The van der Waals surface area contributed by atoms with E-state index in [2.05, 4.69) is 10.4 Å². The summed E-state index contributed by atoms with van der Waals surface area (Å²) in [6.07, 6.45) is 0. The van der Waals surface area contributed by atoms with Gasteiger partial charge in [-0.25, -0.2) is 4.68 Å². The van der Waals surface area contributed by atoms with Crippen molar-refractivity contribution in [2.24, 2.45) is 0 Å². The molecule has 1 amide bonds. The van der Waals surface area contributed by atoms with E-state index in [-0.39, 0.29) is 34.7 Å². The zero-order chi connectivity index (χ0) is 21.0. The summed E-state index contributed by atoms with van der Waals surface area (Å²) in [7, 11) is 0. The molecule has 0 saturated carbocycles. The maximum absolute atomic E-state index is 12.5. The summed E-state index contributed by atoms with van der Waals surface area (Å²) in [6.45, 7) is 2.15. The second-order valence-corrected chi connectivity index (χ2v) is 6.25. The molecule has 9 heteroatoms. The Labute approximate surface area is 165 Å². The maximum Gasteiger partial charge on any atom is 0.276 e. The molecule has 0 unspecified atom stereocenters. The van der Waals surface area contributed by atoms with Gasteiger partial charge in [0.15, 0.2) is 0 Å². The highest BCUT2D eigenvalue weighted by Gasteiger charge is 2.15. The molecule has 1 N–H and O–H groups in total. The lowest BCUT2D eigenvalue weighted by atomic mass is 10.1. The molecule has 0 aliphatic rings. The number of hydrogen-bond acceptors (Lipinski definition) is 6. The van der Waals surface area contributed by atoms with E-state index >= 15 is 0 Å². The van der Waals surface area contributed by atoms with Crippen LogP contribution in [0.15, 0.2) is 59.4 Å². The number of carbonyl (C=O) groups excluding carboxylic acids is 1. The minimum atomic E-state index is -0.645. The lowest BCUT2D eigenvalue weighted by molar-refractivity contribution is -0.384. The van der Waals surface area contributed by atoms with Crippen molar-refractivity contribution in [3.8, 4) is 6.07 Å². The van der Waals surface area contributed by atoms with Gasteiger partial charge in [-0.3, -0.25) is 19.7 Å². The second-order valence-electron chi connectivity index (χ2n) is 6.25. The SMILES string of the molecule is Cc1ccc(Cn2nc(C(=O)Nc3ccc([N+](=O)[O-])cc3C#N)ccc2=O)cc1. The Bertz CT molecular complexity index is 1190. The molecular weight excluding hydrogens is 374 g/mol. The first kappa shape index (κ1) is 19.4. The fourth-order valence-electron chi connectivity index (χ4n) is 2.58. The summed E-state index contributed by atoms with van der Waals surface area (Å²) in [6, 6.07) is 15.4. The number of non-ortho nitro benzene ring substituents is 1. The van der Waals surface area contributed by atoms with Gasteiger partial charge < -0.3 is 5.32 Å². The monoisotopic (exact) mass is 389 g/mol. The quantitative estimate of drug-likeness (QED) is 0.527. The fourth-order valence-corrected chi connectivity index (χ4v) is 2.58. The lowest BCUT2D eigenvalue weighted by Gasteiger charge is -2.09. The number of benzene rings is 2. The van der Waals surface area contributed by atoms with E-state index in [9.17, 15) is 25.0 Å². The molecule has 0 aliphatic carbocycles. The van der Waals surface area contributed by atoms with Crippen LogP contribution in [0.3, 0.4) is 0 Å². The third-order valence-electron chi connectivity index (χ3n) is 4.13. The van der Waals surface area contributed by atoms with Gasteiger partial charge in [0.2, 0.25) is 0 Å². The van der Waals surface area contributed by atoms with Crippen molar-refractivity contribution in [3.63, 3.8) is 0 Å². The molecule has 0 aliphatic heterocycles. The number of nitriles is 1. The van der Waals surface area contributed by atoms with Gasteiger partial charge in [-0.05, 0) is 24.6 Å². The highest BCUT2D eigenvalue weighted by molar-refractivity contribution is 6.03. The number of rotatable bonds is 5. The van der Waals surface area contributed by atoms with Gasteiger partial charge >= 0.3 is 0 Å². The van der Waals surface area contributed by atoms with Gasteiger partial charge in [0.05, 0.1) is 22.7 Å². The molecule has 3 rings (SSSR count). The zero-order valence-corrected chi connectivity index (χ0v) is 15.3. The van der Waals surface area contributed by atoms with Gasteiger partial charge in [0.25, 0.3) is 17.2 Å². The number of carbonyl (C=O) groups is 1. The first-order valence-electron chi connectivity index (χ1n) is 8.51. The number of aromatic nitrogens is 2. The van der Waals surface area contributed by atoms with Crippen LogP contribution < -0.4 is 10.9 Å². The van der Waals surface area contributed by atoms with Crippen LogP contribution >= 0.6 is 0 Å². The van der Waals surface area contributed by atoms with Crippen molar-refractivity contribution in [1.82, 2.24) is 9.78 Å². The zero-order valence-electron chi connectivity index (χ0n) is 15.3. The van der Waals surface area contributed by atoms with E-state index in [1.54, 1.807) is 0 Å². The van der Waals surface area contributed by atoms with Crippen LogP contribution in [0.25, 0.3) is 0 Å². The minimum Gasteiger partial charge on any atom is -0.319 e. The van der Waals surface area contributed by atoms with E-state index in [0.29, 0.717) is 0 Å². The second kappa shape index (κ2) is 8.14. The molecule has 2 aromatic carbocycles. The van der Waals surface area contributed by atoms with Gasteiger partial charge in [-0.1, -0.05) is 29.8 Å². The molecule has 0 radical (unpaired) electrons. The molecule has 3 aromatic rings. The minimum absolute atomic E-state index is 0.0287. The summed E-state index contributed by atoms with van der Waals surface area (Å²) in [5, 5.41) is 26.6. The number of nitro groups is 1. The average molecular weight is 389 g/mol. The topological polar surface area (TPSA) is 131 Å². The molecule has 1 aromatic heterocycles. The highest BCUT2D eigenvalue weighted by atomic mass is 16.6. The predicted octanol–water partition coefficient (Wildman–Crippen LogP) is 2.63. The van der Waals surface area contributed by atoms with Crippen molar-refractivity contribution in [1.29, 1.82) is 5.26 Å². The van der Waals surface area contributed by atoms with Crippen LogP contribution in [0.5, 0.6) is 0 Å². The average Bonchev–Trinajstić information content (AvgIpc) is 2.71. The van der Waals surface area contributed by atoms with Gasteiger partial charge in [0.1, 0.15) is 11.8 Å². The molecule has 0 fully saturated rings. The molecule has 0 bridgehead atoms. The first-order chi connectivity index (χ1) is 13.9. The predicted molar refractivity (Wildman–Crippen MR) is 105 cm³/mol. The van der Waals surface area contributed by atoms with Crippen LogP contribution in [0.4, 0.5) is 11.4 Å². The fraction of sp³-hybridized carbons (Fsp3) is 0.100. The van der Waals surface area contributed by atoms with Crippen LogP contribution in [0.2, 0.25) is 0 Å². The summed E-state index contributed by atoms with van der Waals surface area (Å²) in [4.78, 5) is 34.8. The van der Waals surface area contributed by atoms with Crippen LogP contribution in [-0.2, 0) is 6.54 Å². The molecule has 144 valence electrons. The van der Waals surface area contributed by atoms with Crippen molar-refractivity contribution in [3.05, 3.63) is 97.4 Å². The Hall–Kier alpha value is -4.32. The third kappa shape index (κ3) is 4.51. The summed E-state index contributed by atoms with van der Waals surface area (Å²) < 4.78 is 1.17. The molecule has 1 heterocycles. The maximum atomic E-state index is 12.5. The van der Waals surface area contributed by atoms with E-state index in [1.165, 1.54) is 28.9 Å². The Morgan fingerprint density at radius 2 is 1.93 bits per heavy atom. The molecule has 0 atom stereocenters. The number of nitrogens with one attached hydrogen (secondary N) is 1.